The molecule has 132 valence electrons. The zero-order valence-electron chi connectivity index (χ0n) is 14.2. The largest absolute Gasteiger partial charge is 0.492 e. The summed E-state index contributed by atoms with van der Waals surface area (Å²) in [6.45, 7) is 5.79. The van der Waals surface area contributed by atoms with Gasteiger partial charge in [-0.15, -0.1) is 0 Å². The van der Waals surface area contributed by atoms with E-state index in [4.69, 9.17) is 14.4 Å². The van der Waals surface area contributed by atoms with Crippen molar-refractivity contribution >= 4 is 0 Å². The number of hydrogen-bond donors (Lipinski definition) is 1. The standard InChI is InChI=1S/C19H23N3O3/c20-14-16-3-1-4-17(13-16)24-12-10-21-6-8-22(9-7-21)15-18(23)19-5-2-11-25-19/h1-5,11,13,18,23H,6-10,12,15H2/t18-/m1/s1. The molecule has 2 aromatic rings. The average molecular weight is 341 g/mol. The van der Waals surface area contributed by atoms with Crippen LogP contribution in [0.5, 0.6) is 5.75 Å². The van der Waals surface area contributed by atoms with Crippen molar-refractivity contribution in [1.29, 1.82) is 5.26 Å². The Hall–Kier alpha value is -2.33. The fourth-order valence-electron chi connectivity index (χ4n) is 2.96. The normalized spacial score (nSPS) is 17.1. The fraction of sp³-hybridized carbons (Fsp3) is 0.421. The average Bonchev–Trinajstić information content (AvgIpc) is 3.18. The van der Waals surface area contributed by atoms with Gasteiger partial charge in [-0.2, -0.15) is 5.26 Å². The Morgan fingerprint density at radius 2 is 1.96 bits per heavy atom. The van der Waals surface area contributed by atoms with Crippen LogP contribution in [0, 0.1) is 11.3 Å². The van der Waals surface area contributed by atoms with E-state index in [1.54, 1.807) is 30.5 Å². The highest BCUT2D eigenvalue weighted by Crippen LogP contribution is 2.16. The highest BCUT2D eigenvalue weighted by atomic mass is 16.5. The van der Waals surface area contributed by atoms with Gasteiger partial charge in [-0.1, -0.05) is 6.07 Å². The second kappa shape index (κ2) is 8.67. The maximum Gasteiger partial charge on any atom is 0.133 e. The monoisotopic (exact) mass is 341 g/mol. The Morgan fingerprint density at radius 1 is 1.16 bits per heavy atom. The molecule has 2 heterocycles. The van der Waals surface area contributed by atoms with E-state index >= 15 is 0 Å². The van der Waals surface area contributed by atoms with Crippen LogP contribution >= 0.6 is 0 Å². The van der Waals surface area contributed by atoms with Gasteiger partial charge in [-0.25, -0.2) is 0 Å². The molecule has 0 bridgehead atoms. The van der Waals surface area contributed by atoms with E-state index in [-0.39, 0.29) is 0 Å². The summed E-state index contributed by atoms with van der Waals surface area (Å²) in [6.07, 6.45) is 1.01. The molecule has 1 N–H and O–H groups in total. The lowest BCUT2D eigenvalue weighted by Crippen LogP contribution is -2.48. The minimum atomic E-state index is -0.572. The third kappa shape index (κ3) is 5.07. The van der Waals surface area contributed by atoms with Gasteiger partial charge in [0.2, 0.25) is 0 Å². The summed E-state index contributed by atoms with van der Waals surface area (Å²) < 4.78 is 11.0. The summed E-state index contributed by atoms with van der Waals surface area (Å²) in [5.41, 5.74) is 0.612. The van der Waals surface area contributed by atoms with Crippen LogP contribution in [0.4, 0.5) is 0 Å². The van der Waals surface area contributed by atoms with E-state index in [1.165, 1.54) is 0 Å². The molecule has 0 radical (unpaired) electrons. The molecule has 3 rings (SSSR count). The van der Waals surface area contributed by atoms with Gasteiger partial charge in [0.1, 0.15) is 24.2 Å². The van der Waals surface area contributed by atoms with E-state index < -0.39 is 6.10 Å². The molecule has 1 aromatic heterocycles. The molecule has 0 unspecified atom stereocenters. The number of nitrogens with zero attached hydrogens (tertiary/aromatic N) is 3. The van der Waals surface area contributed by atoms with Crippen molar-refractivity contribution in [1.82, 2.24) is 9.80 Å². The lowest BCUT2D eigenvalue weighted by Gasteiger charge is -2.35. The van der Waals surface area contributed by atoms with E-state index in [0.717, 1.165) is 38.5 Å². The number of nitriles is 1. The van der Waals surface area contributed by atoms with E-state index in [9.17, 15) is 5.11 Å². The zero-order valence-corrected chi connectivity index (χ0v) is 14.2. The van der Waals surface area contributed by atoms with Crippen molar-refractivity contribution in [3.8, 4) is 11.8 Å². The lowest BCUT2D eigenvalue weighted by molar-refractivity contribution is 0.0580. The van der Waals surface area contributed by atoms with Crippen LogP contribution in [0.1, 0.15) is 17.4 Å². The first-order valence-electron chi connectivity index (χ1n) is 8.54. The highest BCUT2D eigenvalue weighted by Gasteiger charge is 2.20. The molecule has 1 saturated heterocycles. The number of aliphatic hydroxyl groups excluding tert-OH is 1. The smallest absolute Gasteiger partial charge is 0.133 e. The first kappa shape index (κ1) is 17.5. The Morgan fingerprint density at radius 3 is 2.68 bits per heavy atom. The predicted octanol–water partition coefficient (Wildman–Crippen LogP) is 1.88. The molecule has 6 nitrogen and oxygen atoms in total. The molecule has 25 heavy (non-hydrogen) atoms. The summed E-state index contributed by atoms with van der Waals surface area (Å²) >= 11 is 0. The summed E-state index contributed by atoms with van der Waals surface area (Å²) in [7, 11) is 0. The number of benzene rings is 1. The van der Waals surface area contributed by atoms with Crippen molar-refractivity contribution in [2.24, 2.45) is 0 Å². The Balaban J connectivity index is 1.36. The highest BCUT2D eigenvalue weighted by molar-refractivity contribution is 5.36. The van der Waals surface area contributed by atoms with E-state index in [2.05, 4.69) is 15.9 Å². The summed E-state index contributed by atoms with van der Waals surface area (Å²) in [5.74, 6) is 1.36. The van der Waals surface area contributed by atoms with Gasteiger partial charge in [0.05, 0.1) is 17.9 Å². The fourth-order valence-corrected chi connectivity index (χ4v) is 2.96. The Bertz CT molecular complexity index is 688. The van der Waals surface area contributed by atoms with Crippen molar-refractivity contribution in [2.45, 2.75) is 6.10 Å². The molecule has 1 aliphatic heterocycles. The van der Waals surface area contributed by atoms with Gasteiger partial charge in [0.15, 0.2) is 0 Å². The number of piperazine rings is 1. The Labute approximate surface area is 147 Å². The molecule has 1 fully saturated rings. The van der Waals surface area contributed by atoms with Gasteiger partial charge in [0.25, 0.3) is 0 Å². The van der Waals surface area contributed by atoms with Gasteiger partial charge >= 0.3 is 0 Å². The van der Waals surface area contributed by atoms with Crippen molar-refractivity contribution in [2.75, 3.05) is 45.9 Å². The number of hydrogen-bond acceptors (Lipinski definition) is 6. The molecule has 0 spiro atoms. The van der Waals surface area contributed by atoms with Crippen LogP contribution in [-0.4, -0.2) is 60.8 Å². The molecule has 1 aliphatic rings. The van der Waals surface area contributed by atoms with Crippen LogP contribution in [0.2, 0.25) is 0 Å². The second-order valence-corrected chi connectivity index (χ2v) is 6.16. The minimum Gasteiger partial charge on any atom is -0.492 e. The first-order chi connectivity index (χ1) is 12.2. The predicted molar refractivity (Wildman–Crippen MR) is 93.2 cm³/mol. The maximum absolute atomic E-state index is 10.1. The number of rotatable bonds is 7. The van der Waals surface area contributed by atoms with Crippen LogP contribution in [0.25, 0.3) is 0 Å². The summed E-state index contributed by atoms with van der Waals surface area (Å²) in [6, 6.07) is 12.9. The van der Waals surface area contributed by atoms with Crippen molar-refractivity contribution < 1.29 is 14.3 Å². The molecule has 0 amide bonds. The quantitative estimate of drug-likeness (QED) is 0.829. The van der Waals surface area contributed by atoms with Crippen LogP contribution in [0.3, 0.4) is 0 Å². The van der Waals surface area contributed by atoms with Gasteiger partial charge in [-0.3, -0.25) is 9.80 Å². The number of ether oxygens (including phenoxy) is 1. The van der Waals surface area contributed by atoms with Crippen LogP contribution in [0.15, 0.2) is 47.1 Å². The third-order valence-corrected chi connectivity index (χ3v) is 4.41. The lowest BCUT2D eigenvalue weighted by atomic mass is 10.2. The van der Waals surface area contributed by atoms with E-state index in [0.29, 0.717) is 24.5 Å². The maximum atomic E-state index is 10.1. The van der Waals surface area contributed by atoms with Crippen molar-refractivity contribution in [3.05, 3.63) is 54.0 Å². The van der Waals surface area contributed by atoms with Crippen LogP contribution in [-0.2, 0) is 0 Å². The second-order valence-electron chi connectivity index (χ2n) is 6.16. The molecule has 6 heteroatoms. The zero-order chi connectivity index (χ0) is 17.5. The molecule has 1 aromatic carbocycles. The molecule has 1 atom stereocenters. The SMILES string of the molecule is N#Cc1cccc(OCCN2CCN(C[C@@H](O)c3ccco3)CC2)c1. The number of β-amino-alcohol motifs (C(OH)–C–C–N with tert-alkyl or cyclic N) is 1. The number of furan rings is 1. The summed E-state index contributed by atoms with van der Waals surface area (Å²) in [4.78, 5) is 4.60. The molecular formula is C19H23N3O3. The van der Waals surface area contributed by atoms with Crippen molar-refractivity contribution in [3.63, 3.8) is 0 Å². The summed E-state index contributed by atoms with van der Waals surface area (Å²) in [5, 5.41) is 19.0. The molecule has 0 saturated carbocycles. The minimum absolute atomic E-state index is 0.572. The molecular weight excluding hydrogens is 318 g/mol. The number of aliphatic hydroxyl groups is 1. The van der Waals surface area contributed by atoms with Gasteiger partial charge in [0, 0.05) is 39.3 Å². The van der Waals surface area contributed by atoms with E-state index in [1.807, 2.05) is 12.1 Å². The molecule has 0 aliphatic carbocycles. The first-order valence-corrected chi connectivity index (χ1v) is 8.54. The van der Waals surface area contributed by atoms with Gasteiger partial charge < -0.3 is 14.3 Å². The topological polar surface area (TPSA) is 72.9 Å². The van der Waals surface area contributed by atoms with Crippen LogP contribution < -0.4 is 4.74 Å². The third-order valence-electron chi connectivity index (χ3n) is 4.41. The van der Waals surface area contributed by atoms with Gasteiger partial charge in [-0.05, 0) is 30.3 Å². The Kier molecular flexibility index (Phi) is 6.07.